The second-order valence-electron chi connectivity index (χ2n) is 3.71. The molecule has 0 bridgehead atoms. The Bertz CT molecular complexity index is 475. The Kier molecular flexibility index (Phi) is 2.90. The Hall–Kier alpha value is -1.08. The molecule has 2 N–H and O–H groups in total. The number of anilines is 1. The Balaban J connectivity index is 2.44. The first kappa shape index (κ1) is 12.4. The van der Waals surface area contributed by atoms with Gasteiger partial charge >= 0.3 is 6.18 Å². The fraction of sp³-hybridized carbons (Fsp3) is 0.300. The Labute approximate surface area is 104 Å². The van der Waals surface area contributed by atoms with E-state index in [1.54, 1.807) is 0 Å². The second kappa shape index (κ2) is 3.99. The van der Waals surface area contributed by atoms with E-state index in [0.717, 1.165) is 11.0 Å². The topological polar surface area (TPSA) is 46.3 Å². The lowest BCUT2D eigenvalue weighted by Gasteiger charge is -2.37. The fourth-order valence-corrected chi connectivity index (χ4v) is 2.00. The normalized spacial score (nSPS) is 20.4. The van der Waals surface area contributed by atoms with Crippen LogP contribution < -0.4 is 10.6 Å². The molecule has 2 rings (SSSR count). The van der Waals surface area contributed by atoms with Gasteiger partial charge in [-0.25, -0.2) is 0 Å². The molecule has 1 amide bonds. The van der Waals surface area contributed by atoms with Crippen LogP contribution in [-0.4, -0.2) is 18.5 Å². The number of benzene rings is 1. The average molecular weight is 309 g/mol. The largest absolute Gasteiger partial charge is 0.418 e. The van der Waals surface area contributed by atoms with Gasteiger partial charge in [0.25, 0.3) is 0 Å². The van der Waals surface area contributed by atoms with Gasteiger partial charge in [-0.3, -0.25) is 4.79 Å². The molecule has 1 aliphatic rings. The molecule has 1 unspecified atom stereocenters. The quantitative estimate of drug-likeness (QED) is 0.808. The SMILES string of the molecule is NC1CN(c2ccc(Br)cc2C(F)(F)F)C1=O. The molecule has 7 heteroatoms. The number of halogens is 4. The minimum Gasteiger partial charge on any atom is -0.318 e. The molecule has 0 spiro atoms. The third-order valence-electron chi connectivity index (χ3n) is 2.52. The van der Waals surface area contributed by atoms with E-state index in [-0.39, 0.29) is 12.2 Å². The van der Waals surface area contributed by atoms with Crippen molar-refractivity contribution >= 4 is 27.5 Å². The van der Waals surface area contributed by atoms with Gasteiger partial charge < -0.3 is 10.6 Å². The highest BCUT2D eigenvalue weighted by atomic mass is 79.9. The van der Waals surface area contributed by atoms with Gasteiger partial charge in [0.05, 0.1) is 17.8 Å². The first-order chi connectivity index (χ1) is 7.80. The van der Waals surface area contributed by atoms with Crippen LogP contribution >= 0.6 is 15.9 Å². The number of carbonyl (C=O) groups is 1. The van der Waals surface area contributed by atoms with Crippen LogP contribution in [-0.2, 0) is 11.0 Å². The predicted molar refractivity (Wildman–Crippen MR) is 59.5 cm³/mol. The zero-order valence-corrected chi connectivity index (χ0v) is 10.0. The molecule has 0 radical (unpaired) electrons. The summed E-state index contributed by atoms with van der Waals surface area (Å²) >= 11 is 2.98. The van der Waals surface area contributed by atoms with Crippen LogP contribution in [0.1, 0.15) is 5.56 Å². The number of hydrogen-bond donors (Lipinski definition) is 1. The maximum absolute atomic E-state index is 12.8. The lowest BCUT2D eigenvalue weighted by Crippen LogP contribution is -2.61. The first-order valence-electron chi connectivity index (χ1n) is 4.74. The van der Waals surface area contributed by atoms with Gasteiger partial charge in [0.15, 0.2) is 0 Å². The standard InChI is InChI=1S/C10H8BrF3N2O/c11-5-1-2-8(6(3-5)10(12,13)14)16-4-7(15)9(16)17/h1-3,7H,4,15H2. The van der Waals surface area contributed by atoms with Crippen molar-refractivity contribution in [1.29, 1.82) is 0 Å². The molecule has 3 nitrogen and oxygen atoms in total. The molecule has 0 aliphatic carbocycles. The predicted octanol–water partition coefficient (Wildman–Crippen LogP) is 2.14. The summed E-state index contributed by atoms with van der Waals surface area (Å²) < 4.78 is 38.7. The molecule has 1 aromatic rings. The number of β-lactam (4-membered cyclic amide) rings is 1. The highest BCUT2D eigenvalue weighted by molar-refractivity contribution is 9.10. The lowest BCUT2D eigenvalue weighted by atomic mass is 10.0. The van der Waals surface area contributed by atoms with E-state index >= 15 is 0 Å². The van der Waals surface area contributed by atoms with E-state index in [4.69, 9.17) is 5.73 Å². The number of nitrogens with zero attached hydrogens (tertiary/aromatic N) is 1. The van der Waals surface area contributed by atoms with Crippen LogP contribution in [0.5, 0.6) is 0 Å². The number of nitrogens with two attached hydrogens (primary N) is 1. The van der Waals surface area contributed by atoms with Crippen molar-refractivity contribution in [3.63, 3.8) is 0 Å². The molecular weight excluding hydrogens is 301 g/mol. The summed E-state index contributed by atoms with van der Waals surface area (Å²) in [6.45, 7) is 0.115. The molecule has 1 atom stereocenters. The number of carbonyl (C=O) groups excluding carboxylic acids is 1. The monoisotopic (exact) mass is 308 g/mol. The third kappa shape index (κ3) is 2.16. The molecule has 1 saturated heterocycles. The van der Waals surface area contributed by atoms with Crippen LogP contribution in [0, 0.1) is 0 Å². The average Bonchev–Trinajstić information content (AvgIpc) is 2.24. The first-order valence-corrected chi connectivity index (χ1v) is 5.53. The van der Waals surface area contributed by atoms with Crippen LogP contribution in [0.25, 0.3) is 0 Å². The highest BCUT2D eigenvalue weighted by Crippen LogP contribution is 2.39. The van der Waals surface area contributed by atoms with Gasteiger partial charge in [0.1, 0.15) is 6.04 Å². The van der Waals surface area contributed by atoms with Crippen LogP contribution in [0.2, 0.25) is 0 Å². The summed E-state index contributed by atoms with van der Waals surface area (Å²) in [5.74, 6) is -0.488. The lowest BCUT2D eigenvalue weighted by molar-refractivity contribution is -0.137. The number of alkyl halides is 3. The maximum atomic E-state index is 12.8. The van der Waals surface area contributed by atoms with Gasteiger partial charge in [-0.15, -0.1) is 0 Å². The summed E-state index contributed by atoms with van der Waals surface area (Å²) in [5, 5.41) is 0. The van der Waals surface area contributed by atoms with Crippen molar-refractivity contribution < 1.29 is 18.0 Å². The van der Waals surface area contributed by atoms with Gasteiger partial charge in [-0.05, 0) is 18.2 Å². The fourth-order valence-electron chi connectivity index (χ4n) is 1.64. The van der Waals surface area contributed by atoms with Crippen LogP contribution in [0.4, 0.5) is 18.9 Å². The van der Waals surface area contributed by atoms with Gasteiger partial charge in [-0.1, -0.05) is 15.9 Å². The molecular formula is C10H8BrF3N2O. The minimum absolute atomic E-state index is 0.115. The summed E-state index contributed by atoms with van der Waals surface area (Å²) in [6.07, 6.45) is -4.50. The van der Waals surface area contributed by atoms with E-state index in [9.17, 15) is 18.0 Å². The van der Waals surface area contributed by atoms with Crippen molar-refractivity contribution in [2.24, 2.45) is 5.73 Å². The molecule has 0 saturated carbocycles. The van der Waals surface area contributed by atoms with E-state index in [0.29, 0.717) is 4.47 Å². The van der Waals surface area contributed by atoms with E-state index in [1.807, 2.05) is 0 Å². The smallest absolute Gasteiger partial charge is 0.318 e. The number of hydrogen-bond acceptors (Lipinski definition) is 2. The Morgan fingerprint density at radius 3 is 2.53 bits per heavy atom. The van der Waals surface area contributed by atoms with E-state index < -0.39 is 23.7 Å². The summed E-state index contributed by atoms with van der Waals surface area (Å²) in [5.41, 5.74) is 4.37. The van der Waals surface area contributed by atoms with E-state index in [2.05, 4.69) is 15.9 Å². The third-order valence-corrected chi connectivity index (χ3v) is 3.01. The minimum atomic E-state index is -4.50. The zero-order chi connectivity index (χ0) is 12.8. The Morgan fingerprint density at radius 1 is 1.41 bits per heavy atom. The summed E-state index contributed by atoms with van der Waals surface area (Å²) in [4.78, 5) is 12.4. The van der Waals surface area contributed by atoms with Crippen molar-refractivity contribution in [2.75, 3.05) is 11.4 Å². The Morgan fingerprint density at radius 2 is 2.06 bits per heavy atom. The van der Waals surface area contributed by atoms with Crippen molar-refractivity contribution in [2.45, 2.75) is 12.2 Å². The van der Waals surface area contributed by atoms with Gasteiger partial charge in [0, 0.05) is 4.47 Å². The van der Waals surface area contributed by atoms with Crippen LogP contribution in [0.3, 0.4) is 0 Å². The van der Waals surface area contributed by atoms with Crippen molar-refractivity contribution in [3.8, 4) is 0 Å². The molecule has 1 aliphatic heterocycles. The molecule has 0 aromatic heterocycles. The number of rotatable bonds is 1. The summed E-state index contributed by atoms with van der Waals surface area (Å²) in [6, 6.07) is 2.98. The number of amides is 1. The van der Waals surface area contributed by atoms with Crippen LogP contribution in [0.15, 0.2) is 22.7 Å². The van der Waals surface area contributed by atoms with Gasteiger partial charge in [0.2, 0.25) is 5.91 Å². The maximum Gasteiger partial charge on any atom is 0.418 e. The van der Waals surface area contributed by atoms with Gasteiger partial charge in [-0.2, -0.15) is 13.2 Å². The highest BCUT2D eigenvalue weighted by Gasteiger charge is 2.41. The van der Waals surface area contributed by atoms with Crippen molar-refractivity contribution in [3.05, 3.63) is 28.2 Å². The molecule has 92 valence electrons. The molecule has 1 heterocycles. The summed E-state index contributed by atoms with van der Waals surface area (Å²) in [7, 11) is 0. The molecule has 1 fully saturated rings. The van der Waals surface area contributed by atoms with Crippen molar-refractivity contribution in [1.82, 2.24) is 0 Å². The second-order valence-corrected chi connectivity index (χ2v) is 4.63. The zero-order valence-electron chi connectivity index (χ0n) is 8.46. The van der Waals surface area contributed by atoms with E-state index in [1.165, 1.54) is 12.1 Å². The molecule has 17 heavy (non-hydrogen) atoms. The molecule has 1 aromatic carbocycles.